The lowest BCUT2D eigenvalue weighted by Crippen LogP contribution is -2.40. The van der Waals surface area contributed by atoms with Crippen molar-refractivity contribution in [2.45, 2.75) is 38.6 Å². The van der Waals surface area contributed by atoms with Gasteiger partial charge < -0.3 is 10.1 Å². The van der Waals surface area contributed by atoms with E-state index in [1.807, 2.05) is 39.8 Å². The second kappa shape index (κ2) is 8.65. The van der Waals surface area contributed by atoms with E-state index in [1.165, 1.54) is 10.4 Å². The summed E-state index contributed by atoms with van der Waals surface area (Å²) in [5.41, 5.74) is 4.38. The van der Waals surface area contributed by atoms with Crippen LogP contribution in [0.25, 0.3) is 0 Å². The number of carbonyl (C=O) groups is 1. The van der Waals surface area contributed by atoms with Gasteiger partial charge in [-0.05, 0) is 56.5 Å². The lowest BCUT2D eigenvalue weighted by molar-refractivity contribution is 0.0730. The molecule has 3 rings (SSSR count). The normalized spacial score (nSPS) is 16.4. The third-order valence-corrected chi connectivity index (χ3v) is 7.20. The first-order valence-corrected chi connectivity index (χ1v) is 11.2. The molecule has 0 spiro atoms. The van der Waals surface area contributed by atoms with Gasteiger partial charge in [0.05, 0.1) is 24.2 Å². The molecule has 1 aliphatic rings. The van der Waals surface area contributed by atoms with E-state index in [2.05, 4.69) is 11.4 Å². The van der Waals surface area contributed by atoms with Gasteiger partial charge in [0.25, 0.3) is 5.91 Å². The Balaban J connectivity index is 1.85. The molecule has 0 bridgehead atoms. The predicted octanol–water partition coefficient (Wildman–Crippen LogP) is 3.12. The van der Waals surface area contributed by atoms with Gasteiger partial charge in [0.15, 0.2) is 0 Å². The van der Waals surface area contributed by atoms with E-state index in [4.69, 9.17) is 4.74 Å². The number of nitrogens with zero attached hydrogens (tertiary/aromatic N) is 1. The zero-order valence-electron chi connectivity index (χ0n) is 17.4. The quantitative estimate of drug-likeness (QED) is 0.813. The lowest BCUT2D eigenvalue weighted by Gasteiger charge is -2.26. The number of hydrogen-bond acceptors (Lipinski definition) is 4. The third kappa shape index (κ3) is 4.69. The van der Waals surface area contributed by atoms with Crippen molar-refractivity contribution in [2.75, 3.05) is 26.3 Å². The molecule has 0 aliphatic carbocycles. The number of amides is 1. The molecule has 7 heteroatoms. The van der Waals surface area contributed by atoms with Crippen LogP contribution in [0.2, 0.25) is 0 Å². The molecule has 29 heavy (non-hydrogen) atoms. The van der Waals surface area contributed by atoms with E-state index in [-0.39, 0.29) is 16.8 Å². The van der Waals surface area contributed by atoms with Gasteiger partial charge in [-0.15, -0.1) is 0 Å². The van der Waals surface area contributed by atoms with Gasteiger partial charge in [-0.1, -0.05) is 29.8 Å². The molecular formula is C22H28N2O4S. The zero-order valence-corrected chi connectivity index (χ0v) is 18.2. The second-order valence-electron chi connectivity index (χ2n) is 7.55. The van der Waals surface area contributed by atoms with Crippen molar-refractivity contribution in [3.8, 4) is 0 Å². The Morgan fingerprint density at radius 1 is 1.03 bits per heavy atom. The first kappa shape index (κ1) is 21.5. The monoisotopic (exact) mass is 416 g/mol. The molecule has 156 valence electrons. The van der Waals surface area contributed by atoms with E-state index in [0.717, 1.165) is 22.3 Å². The van der Waals surface area contributed by atoms with E-state index in [9.17, 15) is 13.2 Å². The predicted molar refractivity (Wildman–Crippen MR) is 113 cm³/mol. The molecule has 1 saturated heterocycles. The standard InChI is InChI=1S/C22H28N2O4S/c1-15-5-6-16(2)20(13-15)18(4)23-22(25)21-14-19(8-7-17(21)3)29(26,27)24-9-11-28-12-10-24/h5-8,13-14,18H,9-12H2,1-4H3,(H,23,25)/t18-/m0/s1. The molecule has 2 aromatic rings. The molecule has 6 nitrogen and oxygen atoms in total. The van der Waals surface area contributed by atoms with Crippen LogP contribution in [0.5, 0.6) is 0 Å². The summed E-state index contributed by atoms with van der Waals surface area (Å²) in [6.45, 7) is 9.17. The van der Waals surface area contributed by atoms with Gasteiger partial charge in [0.1, 0.15) is 0 Å². The van der Waals surface area contributed by atoms with Crippen LogP contribution in [-0.2, 0) is 14.8 Å². The van der Waals surface area contributed by atoms with Crippen LogP contribution < -0.4 is 5.32 Å². The maximum absolute atomic E-state index is 13.0. The fourth-order valence-corrected chi connectivity index (χ4v) is 4.96. The van der Waals surface area contributed by atoms with Crippen molar-refractivity contribution in [3.05, 3.63) is 64.2 Å². The fourth-order valence-electron chi connectivity index (χ4n) is 3.52. The Labute approximate surface area is 172 Å². The van der Waals surface area contributed by atoms with Crippen LogP contribution in [0.15, 0.2) is 41.3 Å². The molecule has 1 atom stereocenters. The van der Waals surface area contributed by atoms with Crippen molar-refractivity contribution in [1.82, 2.24) is 9.62 Å². The highest BCUT2D eigenvalue weighted by Crippen LogP contribution is 2.23. The molecule has 0 saturated carbocycles. The summed E-state index contributed by atoms with van der Waals surface area (Å²) in [5, 5.41) is 3.01. The summed E-state index contributed by atoms with van der Waals surface area (Å²) in [7, 11) is -3.65. The highest BCUT2D eigenvalue weighted by atomic mass is 32.2. The van der Waals surface area contributed by atoms with E-state index < -0.39 is 10.0 Å². The molecule has 2 aromatic carbocycles. The summed E-state index contributed by atoms with van der Waals surface area (Å²) in [4.78, 5) is 13.1. The average Bonchev–Trinajstić information content (AvgIpc) is 2.70. The summed E-state index contributed by atoms with van der Waals surface area (Å²) < 4.78 is 32.5. The minimum absolute atomic E-state index is 0.134. The molecule has 1 amide bonds. The average molecular weight is 417 g/mol. The van der Waals surface area contributed by atoms with Gasteiger partial charge in [0, 0.05) is 18.7 Å². The van der Waals surface area contributed by atoms with Gasteiger partial charge in [-0.25, -0.2) is 8.42 Å². The Kier molecular flexibility index (Phi) is 6.41. The largest absolute Gasteiger partial charge is 0.379 e. The maximum Gasteiger partial charge on any atom is 0.252 e. The van der Waals surface area contributed by atoms with Crippen molar-refractivity contribution in [2.24, 2.45) is 0 Å². The fraction of sp³-hybridized carbons (Fsp3) is 0.409. The van der Waals surface area contributed by atoms with Crippen LogP contribution >= 0.6 is 0 Å². The van der Waals surface area contributed by atoms with Crippen molar-refractivity contribution in [3.63, 3.8) is 0 Å². The number of ether oxygens (including phenoxy) is 1. The molecule has 1 aliphatic heterocycles. The Morgan fingerprint density at radius 2 is 1.69 bits per heavy atom. The number of morpholine rings is 1. The zero-order chi connectivity index (χ0) is 21.2. The highest BCUT2D eigenvalue weighted by Gasteiger charge is 2.27. The number of sulfonamides is 1. The highest BCUT2D eigenvalue weighted by molar-refractivity contribution is 7.89. The van der Waals surface area contributed by atoms with Crippen LogP contribution in [0.4, 0.5) is 0 Å². The summed E-state index contributed by atoms with van der Waals surface area (Å²) in [6.07, 6.45) is 0. The summed E-state index contributed by atoms with van der Waals surface area (Å²) in [5.74, 6) is -0.282. The van der Waals surface area contributed by atoms with Crippen molar-refractivity contribution >= 4 is 15.9 Å². The number of aryl methyl sites for hydroxylation is 3. The van der Waals surface area contributed by atoms with Crippen molar-refractivity contribution < 1.29 is 17.9 Å². The third-order valence-electron chi connectivity index (χ3n) is 5.31. The van der Waals surface area contributed by atoms with Crippen molar-refractivity contribution in [1.29, 1.82) is 0 Å². The molecule has 0 radical (unpaired) electrons. The van der Waals surface area contributed by atoms with E-state index in [1.54, 1.807) is 12.1 Å². The smallest absolute Gasteiger partial charge is 0.252 e. The minimum atomic E-state index is -3.65. The van der Waals surface area contributed by atoms with Crippen LogP contribution in [-0.4, -0.2) is 44.9 Å². The Hall–Kier alpha value is -2.22. The molecule has 0 aromatic heterocycles. The first-order chi connectivity index (χ1) is 13.7. The Bertz CT molecular complexity index is 1010. The number of rotatable bonds is 5. The second-order valence-corrected chi connectivity index (χ2v) is 9.49. The molecule has 1 heterocycles. The van der Waals surface area contributed by atoms with Gasteiger partial charge in [-0.3, -0.25) is 4.79 Å². The van der Waals surface area contributed by atoms with E-state index in [0.29, 0.717) is 31.9 Å². The topological polar surface area (TPSA) is 75.7 Å². The minimum Gasteiger partial charge on any atom is -0.379 e. The van der Waals surface area contributed by atoms with E-state index >= 15 is 0 Å². The number of hydrogen-bond donors (Lipinski definition) is 1. The maximum atomic E-state index is 13.0. The molecule has 1 N–H and O–H groups in total. The number of carbonyl (C=O) groups excluding carboxylic acids is 1. The molecular weight excluding hydrogens is 388 g/mol. The van der Waals surface area contributed by atoms with Gasteiger partial charge in [0.2, 0.25) is 10.0 Å². The van der Waals surface area contributed by atoms with Crippen LogP contribution in [0.3, 0.4) is 0 Å². The van der Waals surface area contributed by atoms with Crippen LogP contribution in [0, 0.1) is 20.8 Å². The number of benzene rings is 2. The lowest BCUT2D eigenvalue weighted by atomic mass is 9.99. The number of nitrogens with one attached hydrogen (secondary N) is 1. The summed E-state index contributed by atoms with van der Waals surface area (Å²) >= 11 is 0. The van der Waals surface area contributed by atoms with Crippen LogP contribution in [0.1, 0.15) is 45.6 Å². The SMILES string of the molecule is Cc1ccc(C)c([C@H](C)NC(=O)c2cc(S(=O)(=O)N3CCOCC3)ccc2C)c1. The Morgan fingerprint density at radius 3 is 2.38 bits per heavy atom. The van der Waals surface area contributed by atoms with Gasteiger partial charge >= 0.3 is 0 Å². The molecule has 1 fully saturated rings. The molecule has 0 unspecified atom stereocenters. The first-order valence-electron chi connectivity index (χ1n) is 9.76. The summed E-state index contributed by atoms with van der Waals surface area (Å²) in [6, 6.07) is 10.7. The van der Waals surface area contributed by atoms with Gasteiger partial charge in [-0.2, -0.15) is 4.31 Å².